The van der Waals surface area contributed by atoms with Crippen LogP contribution in [0.2, 0.25) is 0 Å². The van der Waals surface area contributed by atoms with Crippen LogP contribution in [-0.2, 0) is 0 Å². The maximum atomic E-state index is 6.25. The fourth-order valence-corrected chi connectivity index (χ4v) is 2.36. The Bertz CT molecular complexity index is 193. The molecule has 1 rings (SSSR count). The normalized spacial score (nSPS) is 26.2. The van der Waals surface area contributed by atoms with Gasteiger partial charge in [-0.1, -0.05) is 34.6 Å². The molecule has 0 spiro atoms. The molecule has 0 bridgehead atoms. The summed E-state index contributed by atoms with van der Waals surface area (Å²) in [4.78, 5) is 2.60. The van der Waals surface area contributed by atoms with Gasteiger partial charge >= 0.3 is 0 Å². The predicted molar refractivity (Wildman–Crippen MR) is 66.9 cm³/mol. The molecule has 1 fully saturated rings. The highest BCUT2D eigenvalue weighted by molar-refractivity contribution is 4.87. The fourth-order valence-electron chi connectivity index (χ4n) is 2.36. The van der Waals surface area contributed by atoms with E-state index in [0.29, 0.717) is 0 Å². The fraction of sp³-hybridized carbons (Fsp3) is 1.00. The molecule has 1 aliphatic rings. The molecule has 0 aromatic rings. The molecule has 2 N–H and O–H groups in total. The smallest absolute Gasteiger partial charge is 0.0217 e. The second kappa shape index (κ2) is 4.84. The van der Waals surface area contributed by atoms with Crippen molar-refractivity contribution in [2.75, 3.05) is 13.1 Å². The molecule has 0 aromatic carbocycles. The van der Waals surface area contributed by atoms with Crippen LogP contribution in [0.1, 0.15) is 47.5 Å². The summed E-state index contributed by atoms with van der Waals surface area (Å²) in [7, 11) is 0. The summed E-state index contributed by atoms with van der Waals surface area (Å²) < 4.78 is 0. The quantitative estimate of drug-likeness (QED) is 0.779. The molecule has 2 unspecified atom stereocenters. The Morgan fingerprint density at radius 3 is 2.40 bits per heavy atom. The highest BCUT2D eigenvalue weighted by Gasteiger charge is 2.31. The first kappa shape index (κ1) is 13.0. The van der Waals surface area contributed by atoms with E-state index < -0.39 is 0 Å². The third kappa shape index (κ3) is 3.46. The van der Waals surface area contributed by atoms with Crippen molar-refractivity contribution in [1.82, 2.24) is 4.90 Å². The zero-order valence-corrected chi connectivity index (χ0v) is 11.1. The summed E-state index contributed by atoms with van der Waals surface area (Å²) in [6.45, 7) is 13.7. The lowest BCUT2D eigenvalue weighted by atomic mass is 9.87. The van der Waals surface area contributed by atoms with Crippen LogP contribution in [0.5, 0.6) is 0 Å². The summed E-state index contributed by atoms with van der Waals surface area (Å²) >= 11 is 0. The third-order valence-electron chi connectivity index (χ3n) is 3.73. The van der Waals surface area contributed by atoms with Crippen LogP contribution in [0, 0.1) is 11.3 Å². The monoisotopic (exact) mass is 212 g/mol. The number of likely N-dealkylation sites (tertiary alicyclic amines) is 1. The van der Waals surface area contributed by atoms with E-state index in [4.69, 9.17) is 5.73 Å². The highest BCUT2D eigenvalue weighted by Crippen LogP contribution is 2.26. The highest BCUT2D eigenvalue weighted by atomic mass is 15.2. The number of hydrogen-bond donors (Lipinski definition) is 1. The lowest BCUT2D eigenvalue weighted by Gasteiger charge is -2.35. The molecule has 0 aromatic heterocycles. The molecule has 0 radical (unpaired) electrons. The Hall–Kier alpha value is -0.0800. The summed E-state index contributed by atoms with van der Waals surface area (Å²) in [5.41, 5.74) is 6.48. The zero-order valence-electron chi connectivity index (χ0n) is 11.1. The molecule has 0 aliphatic carbocycles. The Kier molecular flexibility index (Phi) is 4.19. The topological polar surface area (TPSA) is 29.3 Å². The molecule has 15 heavy (non-hydrogen) atoms. The van der Waals surface area contributed by atoms with Crippen molar-refractivity contribution < 1.29 is 0 Å². The van der Waals surface area contributed by atoms with E-state index in [1.165, 1.54) is 19.4 Å². The summed E-state index contributed by atoms with van der Waals surface area (Å²) in [5, 5.41) is 0. The maximum Gasteiger partial charge on any atom is 0.0217 e. The second-order valence-electron chi connectivity index (χ2n) is 6.42. The first-order valence-electron chi connectivity index (χ1n) is 6.32. The lowest BCUT2D eigenvalue weighted by molar-refractivity contribution is 0.160. The Morgan fingerprint density at radius 1 is 1.33 bits per heavy atom. The molecule has 0 amide bonds. The minimum atomic E-state index is 0.226. The Morgan fingerprint density at radius 2 is 1.93 bits per heavy atom. The van der Waals surface area contributed by atoms with Crippen molar-refractivity contribution in [3.63, 3.8) is 0 Å². The molecule has 0 saturated carbocycles. The number of nitrogens with two attached hydrogens (primary N) is 1. The third-order valence-corrected chi connectivity index (χ3v) is 3.73. The first-order valence-corrected chi connectivity index (χ1v) is 6.32. The van der Waals surface area contributed by atoms with Crippen molar-refractivity contribution in [1.29, 1.82) is 0 Å². The van der Waals surface area contributed by atoms with E-state index in [0.717, 1.165) is 18.5 Å². The minimum Gasteiger partial charge on any atom is -0.326 e. The van der Waals surface area contributed by atoms with Crippen molar-refractivity contribution in [3.05, 3.63) is 0 Å². The van der Waals surface area contributed by atoms with Gasteiger partial charge < -0.3 is 5.73 Å². The van der Waals surface area contributed by atoms with E-state index in [2.05, 4.69) is 39.5 Å². The zero-order chi connectivity index (χ0) is 11.6. The van der Waals surface area contributed by atoms with Gasteiger partial charge in [-0.25, -0.2) is 0 Å². The van der Waals surface area contributed by atoms with Gasteiger partial charge in [0.05, 0.1) is 0 Å². The average molecular weight is 212 g/mol. The molecular formula is C13H28N2. The first-order chi connectivity index (χ1) is 6.82. The standard InChI is InChI=1S/C13H28N2/c1-10(2)11-7-6-8-15(11)9-12(14)13(3,4)5/h10-12H,6-9,14H2,1-5H3. The van der Waals surface area contributed by atoms with Crippen LogP contribution in [0.25, 0.3) is 0 Å². The summed E-state index contributed by atoms with van der Waals surface area (Å²) in [5.74, 6) is 0.764. The molecule has 90 valence electrons. The number of nitrogens with zero attached hydrogens (tertiary/aromatic N) is 1. The van der Waals surface area contributed by atoms with Gasteiger partial charge in [0.2, 0.25) is 0 Å². The summed E-state index contributed by atoms with van der Waals surface area (Å²) in [6, 6.07) is 1.05. The molecule has 1 aliphatic heterocycles. The van der Waals surface area contributed by atoms with Crippen LogP contribution < -0.4 is 5.73 Å². The van der Waals surface area contributed by atoms with E-state index in [1.54, 1.807) is 0 Å². The van der Waals surface area contributed by atoms with Crippen LogP contribution in [-0.4, -0.2) is 30.1 Å². The van der Waals surface area contributed by atoms with Gasteiger partial charge in [0.1, 0.15) is 0 Å². The van der Waals surface area contributed by atoms with Gasteiger partial charge in [0.25, 0.3) is 0 Å². The lowest BCUT2D eigenvalue weighted by Crippen LogP contribution is -2.47. The van der Waals surface area contributed by atoms with Gasteiger partial charge in [-0.2, -0.15) is 0 Å². The van der Waals surface area contributed by atoms with E-state index >= 15 is 0 Å². The number of rotatable bonds is 3. The van der Waals surface area contributed by atoms with Gasteiger partial charge in [-0.3, -0.25) is 4.90 Å². The SMILES string of the molecule is CC(C)C1CCCN1CC(N)C(C)(C)C. The minimum absolute atomic E-state index is 0.226. The van der Waals surface area contributed by atoms with E-state index in [9.17, 15) is 0 Å². The van der Waals surface area contributed by atoms with Crippen molar-refractivity contribution in [2.24, 2.45) is 17.1 Å². The van der Waals surface area contributed by atoms with Gasteiger partial charge in [0, 0.05) is 18.6 Å². The average Bonchev–Trinajstić information content (AvgIpc) is 2.50. The largest absolute Gasteiger partial charge is 0.326 e. The van der Waals surface area contributed by atoms with Crippen molar-refractivity contribution >= 4 is 0 Å². The summed E-state index contributed by atoms with van der Waals surface area (Å²) in [6.07, 6.45) is 2.70. The van der Waals surface area contributed by atoms with Crippen LogP contribution in [0.4, 0.5) is 0 Å². The molecule has 1 saturated heterocycles. The van der Waals surface area contributed by atoms with Crippen molar-refractivity contribution in [2.45, 2.75) is 59.5 Å². The van der Waals surface area contributed by atoms with Crippen LogP contribution in [0.15, 0.2) is 0 Å². The van der Waals surface area contributed by atoms with E-state index in [1.807, 2.05) is 0 Å². The molecule has 2 heteroatoms. The van der Waals surface area contributed by atoms with E-state index in [-0.39, 0.29) is 11.5 Å². The molecule has 2 nitrogen and oxygen atoms in total. The molecular weight excluding hydrogens is 184 g/mol. The van der Waals surface area contributed by atoms with Gasteiger partial charge in [-0.05, 0) is 30.7 Å². The van der Waals surface area contributed by atoms with Crippen molar-refractivity contribution in [3.8, 4) is 0 Å². The number of hydrogen-bond acceptors (Lipinski definition) is 2. The van der Waals surface area contributed by atoms with Crippen LogP contribution >= 0.6 is 0 Å². The molecule has 1 heterocycles. The van der Waals surface area contributed by atoms with Gasteiger partial charge in [-0.15, -0.1) is 0 Å². The maximum absolute atomic E-state index is 6.25. The molecule has 2 atom stereocenters. The Labute approximate surface area is 95.2 Å². The Balaban J connectivity index is 2.50. The predicted octanol–water partition coefficient (Wildman–Crippen LogP) is 2.48. The van der Waals surface area contributed by atoms with Gasteiger partial charge in [0.15, 0.2) is 0 Å². The van der Waals surface area contributed by atoms with Crippen LogP contribution in [0.3, 0.4) is 0 Å². The second-order valence-corrected chi connectivity index (χ2v) is 6.42.